The van der Waals surface area contributed by atoms with Gasteiger partial charge in [-0.3, -0.25) is 0 Å². The lowest BCUT2D eigenvalue weighted by atomic mass is 9.90. The topological polar surface area (TPSA) is 38.7 Å². The van der Waals surface area contributed by atoms with Gasteiger partial charge < -0.3 is 0 Å². The van der Waals surface area contributed by atoms with Gasteiger partial charge in [0.05, 0.1) is 22.6 Å². The summed E-state index contributed by atoms with van der Waals surface area (Å²) in [6.07, 6.45) is 0. The number of fused-ring (bicyclic) bond motifs is 3. The molecule has 0 spiro atoms. The largest absolute Gasteiger partial charge is 0.247 e. The van der Waals surface area contributed by atoms with E-state index in [1.807, 2.05) is 6.07 Å². The zero-order valence-electron chi connectivity index (χ0n) is 33.9. The van der Waals surface area contributed by atoms with E-state index in [1.54, 1.807) is 0 Å². The van der Waals surface area contributed by atoms with Gasteiger partial charge in [0.25, 0.3) is 0 Å². The van der Waals surface area contributed by atoms with E-state index in [-0.39, 0.29) is 0 Å². The molecule has 3 heteroatoms. The molecule has 0 bridgehead atoms. The number of hydrogen-bond acceptors (Lipinski definition) is 3. The zero-order valence-corrected chi connectivity index (χ0v) is 33.9. The van der Waals surface area contributed by atoms with Gasteiger partial charge in [-0.2, -0.15) is 0 Å². The maximum atomic E-state index is 5.50. The van der Waals surface area contributed by atoms with Gasteiger partial charge in [0, 0.05) is 33.2 Å². The van der Waals surface area contributed by atoms with Gasteiger partial charge in [0.1, 0.15) is 0 Å². The second-order valence-corrected chi connectivity index (χ2v) is 15.6. The molecule has 11 rings (SSSR count). The SMILES string of the molecule is c1ccc(-c2cc(-c3ccccc3)cc(-c3cc(-c4ccccc4)nc(-c4cccc(-c5cc6ccccc6c6c(-c7ccccc7)cc(-c7ccccc7)nc56)c4)n3)c2)cc1. The second kappa shape index (κ2) is 16.1. The number of aromatic nitrogens is 3. The summed E-state index contributed by atoms with van der Waals surface area (Å²) in [5.74, 6) is 0.655. The van der Waals surface area contributed by atoms with Crippen molar-refractivity contribution in [3.63, 3.8) is 0 Å². The molecule has 0 atom stereocenters. The van der Waals surface area contributed by atoms with E-state index in [2.05, 4.69) is 231 Å². The predicted molar refractivity (Wildman–Crippen MR) is 258 cm³/mol. The Kier molecular flexibility index (Phi) is 9.53. The van der Waals surface area contributed by atoms with E-state index in [1.165, 1.54) is 5.39 Å². The second-order valence-electron chi connectivity index (χ2n) is 15.6. The van der Waals surface area contributed by atoms with Crippen LogP contribution in [0.4, 0.5) is 0 Å². The summed E-state index contributed by atoms with van der Waals surface area (Å²) in [5.41, 5.74) is 16.6. The van der Waals surface area contributed by atoms with Crippen molar-refractivity contribution < 1.29 is 0 Å². The van der Waals surface area contributed by atoms with Crippen molar-refractivity contribution in [1.29, 1.82) is 0 Å². The molecule has 0 aliphatic heterocycles. The van der Waals surface area contributed by atoms with Crippen molar-refractivity contribution in [3.8, 4) is 89.7 Å². The van der Waals surface area contributed by atoms with Crippen LogP contribution >= 0.6 is 0 Å². The fraction of sp³-hybridized carbons (Fsp3) is 0. The van der Waals surface area contributed by atoms with Gasteiger partial charge in [0.2, 0.25) is 0 Å². The lowest BCUT2D eigenvalue weighted by molar-refractivity contribution is 1.18. The third-order valence-corrected chi connectivity index (χ3v) is 11.6. The Morgan fingerprint density at radius 1 is 0.242 bits per heavy atom. The van der Waals surface area contributed by atoms with Crippen molar-refractivity contribution in [2.45, 2.75) is 0 Å². The summed E-state index contributed by atoms with van der Waals surface area (Å²) in [7, 11) is 0. The van der Waals surface area contributed by atoms with E-state index in [0.717, 1.165) is 100 Å². The van der Waals surface area contributed by atoms with Crippen LogP contribution in [-0.2, 0) is 0 Å². The quantitative estimate of drug-likeness (QED) is 0.144. The molecule has 2 heterocycles. The third-order valence-electron chi connectivity index (χ3n) is 11.6. The molecular weight excluding hydrogens is 751 g/mol. The molecule has 9 aromatic carbocycles. The summed E-state index contributed by atoms with van der Waals surface area (Å²) >= 11 is 0. The van der Waals surface area contributed by atoms with Crippen LogP contribution in [0.1, 0.15) is 0 Å². The minimum Gasteiger partial charge on any atom is -0.247 e. The van der Waals surface area contributed by atoms with Gasteiger partial charge in [-0.15, -0.1) is 0 Å². The molecule has 0 radical (unpaired) electrons. The summed E-state index contributed by atoms with van der Waals surface area (Å²) < 4.78 is 0. The number of rotatable bonds is 8. The number of benzene rings is 9. The normalized spacial score (nSPS) is 11.2. The molecule has 62 heavy (non-hydrogen) atoms. The van der Waals surface area contributed by atoms with Crippen LogP contribution < -0.4 is 0 Å². The van der Waals surface area contributed by atoms with E-state index in [4.69, 9.17) is 15.0 Å². The third kappa shape index (κ3) is 7.12. The summed E-state index contributed by atoms with van der Waals surface area (Å²) in [5, 5.41) is 3.46. The van der Waals surface area contributed by atoms with Gasteiger partial charge in [-0.25, -0.2) is 15.0 Å². The molecule has 0 unspecified atom stereocenters. The highest BCUT2D eigenvalue weighted by molar-refractivity contribution is 6.18. The van der Waals surface area contributed by atoms with E-state index >= 15 is 0 Å². The van der Waals surface area contributed by atoms with Crippen LogP contribution in [-0.4, -0.2) is 15.0 Å². The van der Waals surface area contributed by atoms with E-state index in [9.17, 15) is 0 Å². The summed E-state index contributed by atoms with van der Waals surface area (Å²) in [4.78, 5) is 16.2. The monoisotopic (exact) mass is 789 g/mol. The fourth-order valence-corrected chi connectivity index (χ4v) is 8.59. The molecular formula is C59H39N3. The van der Waals surface area contributed by atoms with E-state index in [0.29, 0.717) is 5.82 Å². The fourth-order valence-electron chi connectivity index (χ4n) is 8.59. The minimum atomic E-state index is 0.655. The molecule has 2 aromatic heterocycles. The lowest BCUT2D eigenvalue weighted by Crippen LogP contribution is -1.97. The molecule has 290 valence electrons. The first-order chi connectivity index (χ1) is 30.7. The smallest absolute Gasteiger partial charge is 0.160 e. The molecule has 0 amide bonds. The van der Waals surface area contributed by atoms with E-state index < -0.39 is 0 Å². The van der Waals surface area contributed by atoms with Crippen molar-refractivity contribution in [2.75, 3.05) is 0 Å². The Balaban J connectivity index is 1.13. The maximum Gasteiger partial charge on any atom is 0.160 e. The van der Waals surface area contributed by atoms with Crippen LogP contribution in [0.5, 0.6) is 0 Å². The van der Waals surface area contributed by atoms with Gasteiger partial charge in [0.15, 0.2) is 5.82 Å². The van der Waals surface area contributed by atoms with Gasteiger partial charge in [-0.05, 0) is 92.2 Å². The zero-order chi connectivity index (χ0) is 41.2. The summed E-state index contributed by atoms with van der Waals surface area (Å²) in [6, 6.07) is 83.4. The van der Waals surface area contributed by atoms with Crippen molar-refractivity contribution in [2.24, 2.45) is 0 Å². The first-order valence-corrected chi connectivity index (χ1v) is 21.0. The number of nitrogens with zero attached hydrogens (tertiary/aromatic N) is 3. The Labute approximate surface area is 361 Å². The van der Waals surface area contributed by atoms with Crippen molar-refractivity contribution in [3.05, 3.63) is 237 Å². The van der Waals surface area contributed by atoms with Crippen LogP contribution in [0.25, 0.3) is 111 Å². The average Bonchev–Trinajstić information content (AvgIpc) is 3.37. The molecule has 0 aliphatic rings. The van der Waals surface area contributed by atoms with Gasteiger partial charge in [-0.1, -0.05) is 194 Å². The molecule has 0 saturated heterocycles. The van der Waals surface area contributed by atoms with Crippen LogP contribution in [0.2, 0.25) is 0 Å². The molecule has 0 fully saturated rings. The molecule has 0 aliphatic carbocycles. The highest BCUT2D eigenvalue weighted by Crippen LogP contribution is 2.42. The molecule has 0 saturated carbocycles. The lowest BCUT2D eigenvalue weighted by Gasteiger charge is -2.17. The van der Waals surface area contributed by atoms with Crippen LogP contribution in [0.3, 0.4) is 0 Å². The molecule has 0 N–H and O–H groups in total. The minimum absolute atomic E-state index is 0.655. The predicted octanol–water partition coefficient (Wildman–Crippen LogP) is 15.5. The Bertz CT molecular complexity index is 3310. The highest BCUT2D eigenvalue weighted by atomic mass is 14.9. The Hall–Kier alpha value is -8.27. The molecule has 3 nitrogen and oxygen atoms in total. The van der Waals surface area contributed by atoms with Crippen LogP contribution in [0.15, 0.2) is 237 Å². The Morgan fingerprint density at radius 3 is 1.27 bits per heavy atom. The summed E-state index contributed by atoms with van der Waals surface area (Å²) in [6.45, 7) is 0. The standard InChI is InChI=1S/C59H39N3/c1-6-19-40(20-7-1)48-34-49(41-21-8-2-9-22-41)36-50(35-48)56-39-55(44-27-14-5-15-28-44)61-59(62-56)47-31-18-30-45(33-47)53-37-46-29-16-17-32-51(46)57-52(42-23-10-3-11-24-42)38-54(60-58(53)57)43-25-12-4-13-26-43/h1-39H. The average molecular weight is 790 g/mol. The number of hydrogen-bond donors (Lipinski definition) is 0. The first kappa shape index (κ1) is 36.8. The maximum absolute atomic E-state index is 5.50. The number of pyridine rings is 1. The molecule has 11 aromatic rings. The highest BCUT2D eigenvalue weighted by Gasteiger charge is 2.19. The Morgan fingerprint density at radius 2 is 0.677 bits per heavy atom. The van der Waals surface area contributed by atoms with Crippen molar-refractivity contribution in [1.82, 2.24) is 15.0 Å². The first-order valence-electron chi connectivity index (χ1n) is 21.0. The van der Waals surface area contributed by atoms with Crippen LogP contribution in [0, 0.1) is 0 Å². The van der Waals surface area contributed by atoms with Gasteiger partial charge >= 0.3 is 0 Å². The van der Waals surface area contributed by atoms with Crippen molar-refractivity contribution >= 4 is 21.7 Å².